The number of anilines is 1. The predicted molar refractivity (Wildman–Crippen MR) is 88.0 cm³/mol. The molecule has 21 heavy (non-hydrogen) atoms. The largest absolute Gasteiger partial charge is 0.399 e. The summed E-state index contributed by atoms with van der Waals surface area (Å²) in [5, 5.41) is 2.92. The number of thioether (sulfide) groups is 1. The number of nitrogens with one attached hydrogen (secondary N) is 1. The van der Waals surface area contributed by atoms with E-state index in [1.807, 2.05) is 42.5 Å². The Labute approximate surface area is 129 Å². The van der Waals surface area contributed by atoms with Crippen LogP contribution < -0.4 is 11.1 Å². The van der Waals surface area contributed by atoms with Crippen LogP contribution in [-0.2, 0) is 17.0 Å². The standard InChI is InChI=1S/C16H19N3OS/c17-14-6-4-13(5-7-14)8-10-19-16(20)12-21-11-15-3-1-2-9-18-15/h1-7,9H,8,10-12,17H2,(H,19,20). The second kappa shape index (κ2) is 8.32. The summed E-state index contributed by atoms with van der Waals surface area (Å²) in [5.74, 6) is 1.27. The minimum Gasteiger partial charge on any atom is -0.399 e. The molecule has 1 aromatic heterocycles. The minimum atomic E-state index is 0.0615. The summed E-state index contributed by atoms with van der Waals surface area (Å²) in [6.45, 7) is 0.646. The first-order valence-corrected chi connectivity index (χ1v) is 7.98. The van der Waals surface area contributed by atoms with Gasteiger partial charge in [-0.1, -0.05) is 18.2 Å². The van der Waals surface area contributed by atoms with Gasteiger partial charge >= 0.3 is 0 Å². The number of rotatable bonds is 7. The Morgan fingerprint density at radius 1 is 1.19 bits per heavy atom. The van der Waals surface area contributed by atoms with Crippen LogP contribution in [0.5, 0.6) is 0 Å². The number of pyridine rings is 1. The van der Waals surface area contributed by atoms with Crippen LogP contribution in [0.3, 0.4) is 0 Å². The van der Waals surface area contributed by atoms with Gasteiger partial charge in [0.25, 0.3) is 0 Å². The average Bonchev–Trinajstić information content (AvgIpc) is 2.50. The Kier molecular flexibility index (Phi) is 6.09. The molecule has 1 aromatic carbocycles. The molecule has 0 saturated heterocycles. The number of carbonyl (C=O) groups is 1. The van der Waals surface area contributed by atoms with Crippen molar-refractivity contribution >= 4 is 23.4 Å². The van der Waals surface area contributed by atoms with Gasteiger partial charge in [0.1, 0.15) is 0 Å². The average molecular weight is 301 g/mol. The van der Waals surface area contributed by atoms with E-state index in [-0.39, 0.29) is 5.91 Å². The van der Waals surface area contributed by atoms with Crippen LogP contribution in [0.2, 0.25) is 0 Å². The van der Waals surface area contributed by atoms with E-state index in [0.717, 1.165) is 23.6 Å². The van der Waals surface area contributed by atoms with Gasteiger partial charge < -0.3 is 11.1 Å². The van der Waals surface area contributed by atoms with Crippen LogP contribution in [-0.4, -0.2) is 23.2 Å². The minimum absolute atomic E-state index is 0.0615. The molecule has 3 N–H and O–H groups in total. The highest BCUT2D eigenvalue weighted by Crippen LogP contribution is 2.09. The maximum absolute atomic E-state index is 11.7. The van der Waals surface area contributed by atoms with Gasteiger partial charge in [0.2, 0.25) is 5.91 Å². The quantitative estimate of drug-likeness (QED) is 0.770. The van der Waals surface area contributed by atoms with E-state index < -0.39 is 0 Å². The summed E-state index contributed by atoms with van der Waals surface area (Å²) >= 11 is 1.57. The maximum Gasteiger partial charge on any atom is 0.230 e. The van der Waals surface area contributed by atoms with Crippen LogP contribution in [0.1, 0.15) is 11.3 Å². The Morgan fingerprint density at radius 2 is 2.00 bits per heavy atom. The van der Waals surface area contributed by atoms with Crippen molar-refractivity contribution in [3.8, 4) is 0 Å². The molecule has 0 atom stereocenters. The van der Waals surface area contributed by atoms with Gasteiger partial charge in [0.15, 0.2) is 0 Å². The maximum atomic E-state index is 11.7. The van der Waals surface area contributed by atoms with Gasteiger partial charge in [-0.3, -0.25) is 9.78 Å². The first-order chi connectivity index (χ1) is 10.2. The molecule has 0 saturated carbocycles. The summed E-state index contributed by atoms with van der Waals surface area (Å²) in [6, 6.07) is 13.5. The molecule has 5 heteroatoms. The zero-order valence-electron chi connectivity index (χ0n) is 11.8. The lowest BCUT2D eigenvalue weighted by Crippen LogP contribution is -2.27. The van der Waals surface area contributed by atoms with Crippen molar-refractivity contribution in [2.24, 2.45) is 0 Å². The summed E-state index contributed by atoms with van der Waals surface area (Å²) in [7, 11) is 0. The lowest BCUT2D eigenvalue weighted by molar-refractivity contribution is -0.118. The van der Waals surface area contributed by atoms with E-state index in [9.17, 15) is 4.79 Å². The van der Waals surface area contributed by atoms with Crippen LogP contribution in [0.25, 0.3) is 0 Å². The number of nitrogens with zero attached hydrogens (tertiary/aromatic N) is 1. The normalized spacial score (nSPS) is 10.3. The molecule has 2 aromatic rings. The number of nitrogens with two attached hydrogens (primary N) is 1. The summed E-state index contributed by atoms with van der Waals surface area (Å²) < 4.78 is 0. The van der Waals surface area contributed by atoms with E-state index in [4.69, 9.17) is 5.73 Å². The van der Waals surface area contributed by atoms with Crippen molar-refractivity contribution < 1.29 is 4.79 Å². The number of nitrogen functional groups attached to an aromatic ring is 1. The molecule has 0 aliphatic heterocycles. The molecular formula is C16H19N3OS. The molecule has 110 valence electrons. The number of benzene rings is 1. The van der Waals surface area contributed by atoms with E-state index in [1.54, 1.807) is 18.0 Å². The van der Waals surface area contributed by atoms with E-state index >= 15 is 0 Å². The van der Waals surface area contributed by atoms with Gasteiger partial charge in [0.05, 0.1) is 11.4 Å². The van der Waals surface area contributed by atoms with Crippen molar-refractivity contribution in [1.82, 2.24) is 10.3 Å². The number of hydrogen-bond donors (Lipinski definition) is 2. The van der Waals surface area contributed by atoms with Crippen LogP contribution in [0.15, 0.2) is 48.7 Å². The predicted octanol–water partition coefficient (Wildman–Crippen LogP) is 2.26. The SMILES string of the molecule is Nc1ccc(CCNC(=O)CSCc2ccccn2)cc1. The Bertz CT molecular complexity index is 557. The fourth-order valence-electron chi connectivity index (χ4n) is 1.81. The van der Waals surface area contributed by atoms with Crippen molar-refractivity contribution in [3.63, 3.8) is 0 Å². The molecule has 1 amide bonds. The zero-order valence-corrected chi connectivity index (χ0v) is 12.6. The van der Waals surface area contributed by atoms with Crippen molar-refractivity contribution in [3.05, 3.63) is 59.9 Å². The first kappa shape index (κ1) is 15.4. The number of hydrogen-bond acceptors (Lipinski definition) is 4. The highest BCUT2D eigenvalue weighted by atomic mass is 32.2. The molecule has 0 unspecified atom stereocenters. The van der Waals surface area contributed by atoms with Crippen LogP contribution >= 0.6 is 11.8 Å². The van der Waals surface area contributed by atoms with Gasteiger partial charge in [-0.25, -0.2) is 0 Å². The highest BCUT2D eigenvalue weighted by Gasteiger charge is 2.02. The van der Waals surface area contributed by atoms with E-state index in [2.05, 4.69) is 10.3 Å². The van der Waals surface area contributed by atoms with Gasteiger partial charge in [-0.05, 0) is 36.2 Å². The number of carbonyl (C=O) groups excluding carboxylic acids is 1. The molecule has 1 heterocycles. The number of aromatic nitrogens is 1. The van der Waals surface area contributed by atoms with Crippen LogP contribution in [0.4, 0.5) is 5.69 Å². The molecule has 0 bridgehead atoms. The third kappa shape index (κ3) is 5.87. The van der Waals surface area contributed by atoms with Crippen molar-refractivity contribution in [2.45, 2.75) is 12.2 Å². The molecule has 2 rings (SSSR count). The monoisotopic (exact) mass is 301 g/mol. The van der Waals surface area contributed by atoms with Gasteiger partial charge in [-0.2, -0.15) is 0 Å². The van der Waals surface area contributed by atoms with E-state index in [1.165, 1.54) is 5.56 Å². The molecule has 4 nitrogen and oxygen atoms in total. The highest BCUT2D eigenvalue weighted by molar-refractivity contribution is 7.99. The third-order valence-corrected chi connectivity index (χ3v) is 3.89. The summed E-state index contributed by atoms with van der Waals surface area (Å²) in [4.78, 5) is 15.9. The molecule has 0 aliphatic carbocycles. The molecule has 0 fully saturated rings. The summed E-state index contributed by atoms with van der Waals surface area (Å²) in [6.07, 6.45) is 2.58. The smallest absolute Gasteiger partial charge is 0.230 e. The molecule has 0 radical (unpaired) electrons. The third-order valence-electron chi connectivity index (χ3n) is 2.92. The lowest BCUT2D eigenvalue weighted by atomic mass is 10.1. The fourth-order valence-corrected chi connectivity index (χ4v) is 2.58. The lowest BCUT2D eigenvalue weighted by Gasteiger charge is -2.05. The van der Waals surface area contributed by atoms with E-state index in [0.29, 0.717) is 12.3 Å². The summed E-state index contributed by atoms with van der Waals surface area (Å²) in [5.41, 5.74) is 8.56. The zero-order chi connectivity index (χ0) is 14.9. The van der Waals surface area contributed by atoms with Crippen LogP contribution in [0, 0.1) is 0 Å². The Morgan fingerprint density at radius 3 is 2.71 bits per heavy atom. The second-order valence-corrected chi connectivity index (χ2v) is 5.64. The number of amides is 1. The van der Waals surface area contributed by atoms with Crippen molar-refractivity contribution in [1.29, 1.82) is 0 Å². The van der Waals surface area contributed by atoms with Crippen molar-refractivity contribution in [2.75, 3.05) is 18.0 Å². The Hall–Kier alpha value is -2.01. The second-order valence-electron chi connectivity index (χ2n) is 4.66. The molecule has 0 spiro atoms. The topological polar surface area (TPSA) is 68.0 Å². The fraction of sp³-hybridized carbons (Fsp3) is 0.250. The van der Waals surface area contributed by atoms with Gasteiger partial charge in [-0.15, -0.1) is 11.8 Å². The first-order valence-electron chi connectivity index (χ1n) is 6.83. The molecule has 0 aliphatic rings. The van der Waals surface area contributed by atoms with Gasteiger partial charge in [0, 0.05) is 24.2 Å². The Balaban J connectivity index is 1.60. The molecular weight excluding hydrogens is 282 g/mol.